The van der Waals surface area contributed by atoms with Crippen LogP contribution in [0.3, 0.4) is 0 Å². The van der Waals surface area contributed by atoms with E-state index in [1.807, 2.05) is 0 Å². The molecule has 1 heteroatoms. The van der Waals surface area contributed by atoms with Crippen LogP contribution in [0.15, 0.2) is 0 Å². The summed E-state index contributed by atoms with van der Waals surface area (Å²) in [4.78, 5) is 10.1. The first-order chi connectivity index (χ1) is 9.27. The summed E-state index contributed by atoms with van der Waals surface area (Å²) in [5.41, 5.74) is 0. The lowest BCUT2D eigenvalue weighted by atomic mass is 10.0. The Morgan fingerprint density at radius 3 is 1.37 bits per heavy atom. The highest BCUT2D eigenvalue weighted by Crippen LogP contribution is 2.14. The van der Waals surface area contributed by atoms with Gasteiger partial charge in [0.05, 0.1) is 0 Å². The first-order valence-electron chi connectivity index (χ1n) is 8.71. The molecule has 0 aliphatic heterocycles. The van der Waals surface area contributed by atoms with E-state index >= 15 is 0 Å². The Balaban J connectivity index is 2.93. The van der Waals surface area contributed by atoms with Crippen LogP contribution in [0, 0.1) is 5.92 Å². The van der Waals surface area contributed by atoms with Crippen LogP contribution in [0.25, 0.3) is 0 Å². The molecule has 0 spiro atoms. The Morgan fingerprint density at radius 1 is 0.632 bits per heavy atom. The van der Waals surface area contributed by atoms with Gasteiger partial charge >= 0.3 is 0 Å². The van der Waals surface area contributed by atoms with Crippen molar-refractivity contribution in [3.63, 3.8) is 0 Å². The molecule has 0 amide bonds. The summed E-state index contributed by atoms with van der Waals surface area (Å²) in [5.74, 6) is 0.881. The lowest BCUT2D eigenvalue weighted by Crippen LogP contribution is -1.87. The summed E-state index contributed by atoms with van der Waals surface area (Å²) >= 11 is 0. The largest absolute Gasteiger partial charge is 0.303 e. The van der Waals surface area contributed by atoms with Crippen molar-refractivity contribution in [2.45, 2.75) is 104 Å². The molecule has 0 aliphatic carbocycles. The van der Waals surface area contributed by atoms with Crippen LogP contribution in [-0.4, -0.2) is 6.29 Å². The number of rotatable bonds is 15. The normalized spacial score (nSPS) is 11.1. The maximum absolute atomic E-state index is 10.1. The molecule has 1 nitrogen and oxygen atoms in total. The minimum absolute atomic E-state index is 0.761. The number of hydrogen-bond acceptors (Lipinski definition) is 1. The molecule has 0 saturated heterocycles. The fourth-order valence-corrected chi connectivity index (χ4v) is 2.55. The van der Waals surface area contributed by atoms with Gasteiger partial charge in [0.25, 0.3) is 0 Å². The third-order valence-corrected chi connectivity index (χ3v) is 3.85. The molecular formula is C18H36O. The van der Waals surface area contributed by atoms with Crippen LogP contribution in [0.5, 0.6) is 0 Å². The molecule has 0 unspecified atom stereocenters. The standard InChI is InChI=1S/C18H36O/c1-18(2)16-14-12-10-8-6-4-3-5-7-9-11-13-15-17-19/h17-18H,3-16H2,1-2H3. The Morgan fingerprint density at radius 2 is 1.00 bits per heavy atom. The molecule has 0 saturated carbocycles. The van der Waals surface area contributed by atoms with E-state index in [4.69, 9.17) is 0 Å². The van der Waals surface area contributed by atoms with Gasteiger partial charge < -0.3 is 4.79 Å². The van der Waals surface area contributed by atoms with E-state index in [1.165, 1.54) is 77.0 Å². The fourth-order valence-electron chi connectivity index (χ4n) is 2.55. The van der Waals surface area contributed by atoms with E-state index in [9.17, 15) is 4.79 Å². The average Bonchev–Trinajstić information content (AvgIpc) is 2.39. The van der Waals surface area contributed by atoms with Crippen molar-refractivity contribution in [3.05, 3.63) is 0 Å². The molecule has 0 rings (SSSR count). The molecule has 0 heterocycles. The van der Waals surface area contributed by atoms with Crippen LogP contribution in [-0.2, 0) is 4.79 Å². The van der Waals surface area contributed by atoms with Crippen molar-refractivity contribution in [2.24, 2.45) is 5.92 Å². The van der Waals surface area contributed by atoms with Gasteiger partial charge in [-0.05, 0) is 12.3 Å². The minimum Gasteiger partial charge on any atom is -0.303 e. The summed E-state index contributed by atoms with van der Waals surface area (Å²) in [6.45, 7) is 4.64. The zero-order valence-electron chi connectivity index (χ0n) is 13.5. The highest BCUT2D eigenvalue weighted by molar-refractivity contribution is 5.48. The fraction of sp³-hybridized carbons (Fsp3) is 0.944. The Hall–Kier alpha value is -0.330. The van der Waals surface area contributed by atoms with E-state index < -0.39 is 0 Å². The van der Waals surface area contributed by atoms with Crippen molar-refractivity contribution in [3.8, 4) is 0 Å². The third kappa shape index (κ3) is 17.7. The van der Waals surface area contributed by atoms with Crippen molar-refractivity contribution >= 4 is 6.29 Å². The van der Waals surface area contributed by atoms with Crippen LogP contribution >= 0.6 is 0 Å². The second kappa shape index (κ2) is 15.7. The van der Waals surface area contributed by atoms with Gasteiger partial charge in [-0.25, -0.2) is 0 Å². The van der Waals surface area contributed by atoms with Gasteiger partial charge in [0.2, 0.25) is 0 Å². The summed E-state index contributed by atoms with van der Waals surface area (Å²) in [5, 5.41) is 0. The maximum Gasteiger partial charge on any atom is 0.119 e. The molecule has 0 atom stereocenters. The molecule has 0 aromatic carbocycles. The van der Waals surface area contributed by atoms with Gasteiger partial charge in [-0.3, -0.25) is 0 Å². The first kappa shape index (κ1) is 18.7. The molecule has 19 heavy (non-hydrogen) atoms. The monoisotopic (exact) mass is 268 g/mol. The van der Waals surface area contributed by atoms with Crippen LogP contribution in [0.4, 0.5) is 0 Å². The molecule has 0 bridgehead atoms. The van der Waals surface area contributed by atoms with Crippen LogP contribution in [0.1, 0.15) is 104 Å². The van der Waals surface area contributed by atoms with Gasteiger partial charge in [0.15, 0.2) is 0 Å². The van der Waals surface area contributed by atoms with Crippen LogP contribution < -0.4 is 0 Å². The van der Waals surface area contributed by atoms with Crippen molar-refractivity contribution < 1.29 is 4.79 Å². The Kier molecular flexibility index (Phi) is 15.5. The minimum atomic E-state index is 0.761. The van der Waals surface area contributed by atoms with Gasteiger partial charge in [-0.2, -0.15) is 0 Å². The number of carbonyl (C=O) groups excluding carboxylic acids is 1. The van der Waals surface area contributed by atoms with E-state index in [0.29, 0.717) is 0 Å². The Bertz CT molecular complexity index is 175. The zero-order chi connectivity index (χ0) is 14.2. The van der Waals surface area contributed by atoms with Crippen LogP contribution in [0.2, 0.25) is 0 Å². The van der Waals surface area contributed by atoms with E-state index in [1.54, 1.807) is 0 Å². The second-order valence-corrected chi connectivity index (χ2v) is 6.38. The van der Waals surface area contributed by atoms with Crippen molar-refractivity contribution in [1.82, 2.24) is 0 Å². The summed E-state index contributed by atoms with van der Waals surface area (Å²) in [6, 6.07) is 0. The van der Waals surface area contributed by atoms with Gasteiger partial charge in [-0.15, -0.1) is 0 Å². The van der Waals surface area contributed by atoms with Gasteiger partial charge in [0, 0.05) is 6.42 Å². The van der Waals surface area contributed by atoms with E-state index in [0.717, 1.165) is 25.0 Å². The lowest BCUT2D eigenvalue weighted by molar-refractivity contribution is -0.107. The van der Waals surface area contributed by atoms with Gasteiger partial charge in [0.1, 0.15) is 6.29 Å². The predicted molar refractivity (Wildman–Crippen MR) is 85.5 cm³/mol. The topological polar surface area (TPSA) is 17.1 Å². The van der Waals surface area contributed by atoms with Crippen molar-refractivity contribution in [1.29, 1.82) is 0 Å². The lowest BCUT2D eigenvalue weighted by Gasteiger charge is -2.04. The molecule has 0 N–H and O–H groups in total. The smallest absolute Gasteiger partial charge is 0.119 e. The van der Waals surface area contributed by atoms with E-state index in [-0.39, 0.29) is 0 Å². The van der Waals surface area contributed by atoms with Crippen molar-refractivity contribution in [2.75, 3.05) is 0 Å². The molecule has 0 fully saturated rings. The molecule has 0 aliphatic rings. The number of unbranched alkanes of at least 4 members (excludes halogenated alkanes) is 12. The molecule has 114 valence electrons. The highest BCUT2D eigenvalue weighted by atomic mass is 16.1. The Labute approximate surface area is 121 Å². The average molecular weight is 268 g/mol. The zero-order valence-corrected chi connectivity index (χ0v) is 13.5. The molecule has 0 radical (unpaired) electrons. The quantitative estimate of drug-likeness (QED) is 0.251. The summed E-state index contributed by atoms with van der Waals surface area (Å²) in [7, 11) is 0. The first-order valence-corrected chi connectivity index (χ1v) is 8.71. The summed E-state index contributed by atoms with van der Waals surface area (Å²) < 4.78 is 0. The number of hydrogen-bond donors (Lipinski definition) is 0. The predicted octanol–water partition coefficient (Wildman–Crippen LogP) is 6.30. The second-order valence-electron chi connectivity index (χ2n) is 6.38. The SMILES string of the molecule is CC(C)CCCCCCCCCCCCCCC=O. The number of carbonyl (C=O) groups is 1. The highest BCUT2D eigenvalue weighted by Gasteiger charge is 1.95. The number of aldehydes is 1. The van der Waals surface area contributed by atoms with Gasteiger partial charge in [-0.1, -0.05) is 90.9 Å². The third-order valence-electron chi connectivity index (χ3n) is 3.85. The molecule has 0 aromatic heterocycles. The molecular weight excluding hydrogens is 232 g/mol. The van der Waals surface area contributed by atoms with E-state index in [2.05, 4.69) is 13.8 Å². The maximum atomic E-state index is 10.1. The summed E-state index contributed by atoms with van der Waals surface area (Å²) in [6.07, 6.45) is 19.7. The molecule has 0 aromatic rings.